The molecule has 0 saturated carbocycles. The first-order valence-electron chi connectivity index (χ1n) is 2.07. The van der Waals surface area contributed by atoms with Crippen LogP contribution in [-0.2, 0) is 0 Å². The van der Waals surface area contributed by atoms with Gasteiger partial charge in [-0.1, -0.05) is 0 Å². The van der Waals surface area contributed by atoms with Crippen molar-refractivity contribution in [2.24, 2.45) is 0 Å². The van der Waals surface area contributed by atoms with Gasteiger partial charge in [-0.25, -0.2) is 4.79 Å². The van der Waals surface area contributed by atoms with Gasteiger partial charge in [0.25, 0.3) is 5.56 Å². The minimum absolute atomic E-state index is 0. The second-order valence-corrected chi connectivity index (χ2v) is 1.30. The third kappa shape index (κ3) is 2.27. The van der Waals surface area contributed by atoms with Gasteiger partial charge in [-0.2, -0.15) is 0 Å². The molecule has 0 fully saturated rings. The summed E-state index contributed by atoms with van der Waals surface area (Å²) in [7, 11) is 0. The molecular formula is C4H5BrN2O2. The Labute approximate surface area is 60.7 Å². The van der Waals surface area contributed by atoms with Crippen LogP contribution in [0, 0.1) is 0 Å². The van der Waals surface area contributed by atoms with E-state index in [4.69, 9.17) is 0 Å². The summed E-state index contributed by atoms with van der Waals surface area (Å²) >= 11 is 0. The highest BCUT2D eigenvalue weighted by Gasteiger charge is 1.77. The van der Waals surface area contributed by atoms with Crippen molar-refractivity contribution >= 4 is 17.0 Å². The van der Waals surface area contributed by atoms with E-state index in [1.807, 2.05) is 4.98 Å². The zero-order chi connectivity index (χ0) is 5.98. The van der Waals surface area contributed by atoms with Crippen molar-refractivity contribution in [3.63, 3.8) is 0 Å². The largest absolute Gasteiger partial charge is 0.325 e. The van der Waals surface area contributed by atoms with Crippen molar-refractivity contribution in [3.8, 4) is 0 Å². The number of hydrogen-bond donors (Lipinski definition) is 2. The predicted molar refractivity (Wildman–Crippen MR) is 38.0 cm³/mol. The van der Waals surface area contributed by atoms with Gasteiger partial charge in [0.15, 0.2) is 0 Å². The fourth-order valence-corrected chi connectivity index (χ4v) is 0.383. The topological polar surface area (TPSA) is 65.7 Å². The molecule has 0 radical (unpaired) electrons. The summed E-state index contributed by atoms with van der Waals surface area (Å²) in [5.41, 5.74) is -0.855. The van der Waals surface area contributed by atoms with Crippen molar-refractivity contribution in [1.29, 1.82) is 0 Å². The molecule has 1 aromatic rings. The zero-order valence-electron chi connectivity index (χ0n) is 4.38. The Morgan fingerprint density at radius 2 is 2.00 bits per heavy atom. The Morgan fingerprint density at radius 3 is 2.33 bits per heavy atom. The summed E-state index contributed by atoms with van der Waals surface area (Å²) in [4.78, 5) is 24.7. The van der Waals surface area contributed by atoms with Crippen LogP contribution in [0.2, 0.25) is 0 Å². The van der Waals surface area contributed by atoms with E-state index in [1.165, 1.54) is 12.3 Å². The van der Waals surface area contributed by atoms with Gasteiger partial charge in [0.1, 0.15) is 0 Å². The second-order valence-electron chi connectivity index (χ2n) is 1.30. The van der Waals surface area contributed by atoms with Crippen LogP contribution in [0.3, 0.4) is 0 Å². The van der Waals surface area contributed by atoms with Gasteiger partial charge in [0, 0.05) is 12.3 Å². The van der Waals surface area contributed by atoms with Crippen molar-refractivity contribution in [2.75, 3.05) is 0 Å². The number of hydrogen-bond acceptors (Lipinski definition) is 2. The summed E-state index contributed by atoms with van der Waals surface area (Å²) in [6.07, 6.45) is 1.29. The van der Waals surface area contributed by atoms with Crippen LogP contribution in [0.15, 0.2) is 21.9 Å². The maximum absolute atomic E-state index is 10.2. The van der Waals surface area contributed by atoms with Crippen LogP contribution >= 0.6 is 17.0 Å². The maximum Gasteiger partial charge on any atom is 0.325 e. The Balaban J connectivity index is 0.000000640. The number of aromatic nitrogens is 2. The fraction of sp³-hybridized carbons (Fsp3) is 0. The van der Waals surface area contributed by atoms with Gasteiger partial charge >= 0.3 is 5.69 Å². The quantitative estimate of drug-likeness (QED) is 0.590. The molecule has 9 heavy (non-hydrogen) atoms. The third-order valence-electron chi connectivity index (χ3n) is 0.686. The monoisotopic (exact) mass is 192 g/mol. The SMILES string of the molecule is Br.O=c1cc[nH]c(=O)[nH]1. The maximum atomic E-state index is 10.2. The summed E-state index contributed by atoms with van der Waals surface area (Å²) in [5.74, 6) is 0. The van der Waals surface area contributed by atoms with Gasteiger partial charge < -0.3 is 4.98 Å². The van der Waals surface area contributed by atoms with Crippen molar-refractivity contribution in [2.45, 2.75) is 0 Å². The molecule has 1 aromatic heterocycles. The van der Waals surface area contributed by atoms with Crippen LogP contribution in [-0.4, -0.2) is 9.97 Å². The first kappa shape index (κ1) is 8.16. The Kier molecular flexibility index (Phi) is 2.94. The summed E-state index contributed by atoms with van der Waals surface area (Å²) in [6.45, 7) is 0. The molecule has 1 rings (SSSR count). The molecule has 0 aliphatic rings. The Hall–Kier alpha value is -0.840. The average molecular weight is 193 g/mol. The van der Waals surface area contributed by atoms with Crippen molar-refractivity contribution in [1.82, 2.24) is 9.97 Å². The molecular weight excluding hydrogens is 188 g/mol. The first-order valence-corrected chi connectivity index (χ1v) is 2.07. The lowest BCUT2D eigenvalue weighted by Gasteiger charge is -1.75. The van der Waals surface area contributed by atoms with Crippen LogP contribution < -0.4 is 11.2 Å². The van der Waals surface area contributed by atoms with Crippen LogP contribution in [0.5, 0.6) is 0 Å². The Morgan fingerprint density at radius 1 is 1.33 bits per heavy atom. The van der Waals surface area contributed by atoms with Gasteiger partial charge in [-0.3, -0.25) is 9.78 Å². The molecule has 5 heteroatoms. The zero-order valence-corrected chi connectivity index (χ0v) is 6.09. The van der Waals surface area contributed by atoms with E-state index < -0.39 is 5.69 Å². The molecule has 50 valence electrons. The van der Waals surface area contributed by atoms with Crippen LogP contribution in [0.1, 0.15) is 0 Å². The first-order chi connectivity index (χ1) is 3.79. The van der Waals surface area contributed by atoms with E-state index >= 15 is 0 Å². The lowest BCUT2D eigenvalue weighted by Crippen LogP contribution is -2.19. The van der Waals surface area contributed by atoms with E-state index in [9.17, 15) is 9.59 Å². The van der Waals surface area contributed by atoms with Gasteiger partial charge in [-0.05, 0) is 0 Å². The van der Waals surface area contributed by atoms with E-state index in [1.54, 1.807) is 0 Å². The lowest BCUT2D eigenvalue weighted by molar-refractivity contribution is 1.04. The molecule has 0 saturated heterocycles. The molecule has 0 aliphatic carbocycles. The van der Waals surface area contributed by atoms with Gasteiger partial charge in [-0.15, -0.1) is 17.0 Å². The molecule has 0 aliphatic heterocycles. The molecule has 0 amide bonds. The highest BCUT2D eigenvalue weighted by atomic mass is 79.9. The number of aromatic amines is 2. The van der Waals surface area contributed by atoms with E-state index in [0.717, 1.165) is 0 Å². The predicted octanol–water partition coefficient (Wildman–Crippen LogP) is -0.359. The highest BCUT2D eigenvalue weighted by molar-refractivity contribution is 8.93. The van der Waals surface area contributed by atoms with Crippen molar-refractivity contribution in [3.05, 3.63) is 33.1 Å². The smallest absolute Gasteiger partial charge is 0.314 e. The average Bonchev–Trinajstić information content (AvgIpc) is 1.64. The number of H-pyrrole nitrogens is 2. The number of rotatable bonds is 0. The fourth-order valence-electron chi connectivity index (χ4n) is 0.383. The van der Waals surface area contributed by atoms with E-state index in [-0.39, 0.29) is 22.5 Å². The van der Waals surface area contributed by atoms with E-state index in [0.29, 0.717) is 0 Å². The molecule has 0 atom stereocenters. The van der Waals surface area contributed by atoms with Crippen LogP contribution in [0.25, 0.3) is 0 Å². The molecule has 0 bridgehead atoms. The summed E-state index contributed by atoms with van der Waals surface area (Å²) in [6, 6.07) is 1.24. The van der Waals surface area contributed by atoms with Crippen LogP contribution in [0.4, 0.5) is 0 Å². The minimum Gasteiger partial charge on any atom is -0.314 e. The molecule has 0 aromatic carbocycles. The number of nitrogens with one attached hydrogen (secondary N) is 2. The molecule has 1 heterocycles. The van der Waals surface area contributed by atoms with Crippen molar-refractivity contribution < 1.29 is 0 Å². The number of halogens is 1. The van der Waals surface area contributed by atoms with Gasteiger partial charge in [0.2, 0.25) is 0 Å². The normalized spacial score (nSPS) is 8.00. The summed E-state index contributed by atoms with van der Waals surface area (Å²) in [5, 5.41) is 0. The molecule has 2 N–H and O–H groups in total. The highest BCUT2D eigenvalue weighted by Crippen LogP contribution is 1.51. The molecule has 0 unspecified atom stereocenters. The second kappa shape index (κ2) is 3.24. The molecule has 4 nitrogen and oxygen atoms in total. The standard InChI is InChI=1S/C4H4N2O2.BrH/c7-3-1-2-5-4(8)6-3;/h1-2H,(H2,5,6,7,8);1H. The minimum atomic E-state index is -0.475. The van der Waals surface area contributed by atoms with Gasteiger partial charge in [0.05, 0.1) is 0 Å². The molecule has 0 spiro atoms. The van der Waals surface area contributed by atoms with E-state index in [2.05, 4.69) is 4.98 Å². The lowest BCUT2D eigenvalue weighted by atomic mass is 10.7. The Bertz CT molecular complexity index is 251. The summed E-state index contributed by atoms with van der Waals surface area (Å²) < 4.78 is 0. The third-order valence-corrected chi connectivity index (χ3v) is 0.686.